The highest BCUT2D eigenvalue weighted by molar-refractivity contribution is 9.10. The van der Waals surface area contributed by atoms with E-state index < -0.39 is 0 Å². The minimum absolute atomic E-state index is 0.0165. The average molecular weight is 423 g/mol. The Morgan fingerprint density at radius 3 is 2.77 bits per heavy atom. The Hall–Kier alpha value is -1.64. The quantitative estimate of drug-likeness (QED) is 0.817. The van der Waals surface area contributed by atoms with Gasteiger partial charge in [0.05, 0.1) is 24.4 Å². The number of H-pyrrole nitrogens is 1. The molecule has 4 rings (SSSR count). The van der Waals surface area contributed by atoms with Crippen LogP contribution in [0.5, 0.6) is 0 Å². The predicted molar refractivity (Wildman–Crippen MR) is 101 cm³/mol. The van der Waals surface area contributed by atoms with Crippen LogP contribution in [0.25, 0.3) is 0 Å². The highest BCUT2D eigenvalue weighted by Crippen LogP contribution is 2.22. The Morgan fingerprint density at radius 2 is 2.08 bits per heavy atom. The third kappa shape index (κ3) is 3.72. The number of anilines is 1. The van der Waals surface area contributed by atoms with Gasteiger partial charge >= 0.3 is 0 Å². The van der Waals surface area contributed by atoms with Gasteiger partial charge < -0.3 is 14.1 Å². The molecule has 0 aliphatic carbocycles. The molecule has 1 N–H and O–H groups in total. The highest BCUT2D eigenvalue weighted by Gasteiger charge is 2.27. The van der Waals surface area contributed by atoms with E-state index in [4.69, 9.17) is 14.1 Å². The summed E-state index contributed by atoms with van der Waals surface area (Å²) in [6.45, 7) is 7.73. The maximum Gasteiger partial charge on any atom is 0.255 e. The summed E-state index contributed by atoms with van der Waals surface area (Å²) in [5, 5.41) is 0. The molecule has 2 aliphatic heterocycles. The molecule has 8 heteroatoms. The summed E-state index contributed by atoms with van der Waals surface area (Å²) in [7, 11) is 0. The zero-order valence-corrected chi connectivity index (χ0v) is 16.6. The van der Waals surface area contributed by atoms with Crippen molar-refractivity contribution in [3.05, 3.63) is 44.2 Å². The zero-order valence-electron chi connectivity index (χ0n) is 15.0. The Kier molecular flexibility index (Phi) is 4.90. The summed E-state index contributed by atoms with van der Waals surface area (Å²) < 4.78 is 12.1. The van der Waals surface area contributed by atoms with Crippen LogP contribution in [-0.2, 0) is 24.2 Å². The standard InChI is InChI=1S/C18H23BrN4O3/c1-11-7-23(8-12(2)25-11)18-20-15-10-22(6-5-14(15)17(24)21-18)9-13-3-4-16(19)26-13/h3-4,11-12H,5-10H2,1-2H3,(H,20,21,24)/t11-,12-/m1/s1. The maximum absolute atomic E-state index is 12.6. The van der Waals surface area contributed by atoms with Crippen molar-refractivity contribution in [3.8, 4) is 0 Å². The molecule has 0 radical (unpaired) electrons. The van der Waals surface area contributed by atoms with Crippen LogP contribution in [0, 0.1) is 0 Å². The summed E-state index contributed by atoms with van der Waals surface area (Å²) in [4.78, 5) is 24.7. The van der Waals surface area contributed by atoms with E-state index in [9.17, 15) is 4.79 Å². The van der Waals surface area contributed by atoms with Crippen molar-refractivity contribution >= 4 is 21.9 Å². The summed E-state index contributed by atoms with van der Waals surface area (Å²) in [6, 6.07) is 3.86. The van der Waals surface area contributed by atoms with Gasteiger partial charge in [0.2, 0.25) is 5.95 Å². The van der Waals surface area contributed by atoms with Crippen LogP contribution in [0.1, 0.15) is 30.9 Å². The fourth-order valence-electron chi connectivity index (χ4n) is 3.77. The molecule has 0 unspecified atom stereocenters. The van der Waals surface area contributed by atoms with Crippen molar-refractivity contribution in [2.75, 3.05) is 24.5 Å². The first kappa shape index (κ1) is 17.8. The molecule has 2 aliphatic rings. The number of hydrogen-bond donors (Lipinski definition) is 1. The maximum atomic E-state index is 12.6. The lowest BCUT2D eigenvalue weighted by atomic mass is 10.1. The van der Waals surface area contributed by atoms with Crippen molar-refractivity contribution in [3.63, 3.8) is 0 Å². The molecule has 26 heavy (non-hydrogen) atoms. The van der Waals surface area contributed by atoms with Gasteiger partial charge in [0.1, 0.15) is 5.76 Å². The van der Waals surface area contributed by atoms with Gasteiger partial charge in [0.15, 0.2) is 4.67 Å². The summed E-state index contributed by atoms with van der Waals surface area (Å²) >= 11 is 3.34. The number of nitrogens with one attached hydrogen (secondary N) is 1. The number of morpholine rings is 1. The van der Waals surface area contributed by atoms with Gasteiger partial charge in [-0.25, -0.2) is 4.98 Å². The number of furan rings is 1. The lowest BCUT2D eigenvalue weighted by Gasteiger charge is -2.36. The molecule has 2 atom stereocenters. The van der Waals surface area contributed by atoms with E-state index in [0.29, 0.717) is 25.5 Å². The third-order valence-corrected chi connectivity index (χ3v) is 5.29. The largest absolute Gasteiger partial charge is 0.453 e. The van der Waals surface area contributed by atoms with Crippen molar-refractivity contribution in [1.29, 1.82) is 0 Å². The lowest BCUT2D eigenvalue weighted by Crippen LogP contribution is -2.47. The average Bonchev–Trinajstić information content (AvgIpc) is 2.98. The number of aromatic amines is 1. The van der Waals surface area contributed by atoms with Crippen LogP contribution in [0.15, 0.2) is 26.0 Å². The highest BCUT2D eigenvalue weighted by atomic mass is 79.9. The summed E-state index contributed by atoms with van der Waals surface area (Å²) in [5.41, 5.74) is 1.66. The SMILES string of the molecule is C[C@@H]1CN(c2nc3c(c(=O)[nH]2)CCN(Cc2ccc(Br)o2)C3)C[C@@H](C)O1. The van der Waals surface area contributed by atoms with Gasteiger partial charge in [-0.15, -0.1) is 0 Å². The minimum Gasteiger partial charge on any atom is -0.453 e. The summed E-state index contributed by atoms with van der Waals surface area (Å²) in [5.74, 6) is 1.56. The van der Waals surface area contributed by atoms with Crippen LogP contribution in [0.4, 0.5) is 5.95 Å². The number of aromatic nitrogens is 2. The molecule has 4 heterocycles. The van der Waals surface area contributed by atoms with E-state index in [1.807, 2.05) is 26.0 Å². The van der Waals surface area contributed by atoms with Crippen LogP contribution in [-0.4, -0.2) is 46.7 Å². The lowest BCUT2D eigenvalue weighted by molar-refractivity contribution is -0.00576. The molecule has 0 aromatic carbocycles. The molecule has 2 aromatic rings. The monoisotopic (exact) mass is 422 g/mol. The normalized spacial score (nSPS) is 23.9. The minimum atomic E-state index is -0.0165. The van der Waals surface area contributed by atoms with E-state index in [1.54, 1.807) is 0 Å². The number of halogens is 1. The molecule has 2 aromatic heterocycles. The molecular formula is C18H23BrN4O3. The first-order chi connectivity index (χ1) is 12.5. The van der Waals surface area contributed by atoms with Crippen molar-refractivity contribution < 1.29 is 9.15 Å². The van der Waals surface area contributed by atoms with Crippen LogP contribution in [0.3, 0.4) is 0 Å². The molecule has 0 saturated carbocycles. The topological polar surface area (TPSA) is 74.6 Å². The van der Waals surface area contributed by atoms with Crippen LogP contribution in [0.2, 0.25) is 0 Å². The number of nitrogens with zero attached hydrogens (tertiary/aromatic N) is 3. The van der Waals surface area contributed by atoms with Crippen molar-refractivity contribution in [2.45, 2.75) is 45.6 Å². The van der Waals surface area contributed by atoms with Crippen LogP contribution < -0.4 is 10.5 Å². The molecule has 140 valence electrons. The second-order valence-electron chi connectivity index (χ2n) is 7.14. The molecule has 1 fully saturated rings. The number of hydrogen-bond acceptors (Lipinski definition) is 6. The molecule has 7 nitrogen and oxygen atoms in total. The fourth-order valence-corrected chi connectivity index (χ4v) is 4.11. The second-order valence-corrected chi connectivity index (χ2v) is 7.93. The smallest absolute Gasteiger partial charge is 0.255 e. The van der Waals surface area contributed by atoms with E-state index in [1.165, 1.54) is 0 Å². The number of fused-ring (bicyclic) bond motifs is 1. The summed E-state index contributed by atoms with van der Waals surface area (Å²) in [6.07, 6.45) is 0.943. The van der Waals surface area contributed by atoms with Gasteiger partial charge in [-0.05, 0) is 48.3 Å². The Balaban J connectivity index is 1.55. The first-order valence-electron chi connectivity index (χ1n) is 8.97. The van der Waals surface area contributed by atoms with E-state index in [0.717, 1.165) is 41.3 Å². The number of rotatable bonds is 3. The molecule has 0 amide bonds. The Labute approximate surface area is 160 Å². The van der Waals surface area contributed by atoms with Gasteiger partial charge in [-0.1, -0.05) is 0 Å². The van der Waals surface area contributed by atoms with Gasteiger partial charge in [-0.2, -0.15) is 0 Å². The van der Waals surface area contributed by atoms with Crippen molar-refractivity contribution in [2.24, 2.45) is 0 Å². The number of ether oxygens (including phenoxy) is 1. The molecular weight excluding hydrogens is 400 g/mol. The predicted octanol–water partition coefficient (Wildman–Crippen LogP) is 2.30. The van der Waals surface area contributed by atoms with E-state index in [2.05, 4.69) is 30.7 Å². The van der Waals surface area contributed by atoms with Crippen LogP contribution >= 0.6 is 15.9 Å². The van der Waals surface area contributed by atoms with E-state index in [-0.39, 0.29) is 17.8 Å². The fraction of sp³-hybridized carbons (Fsp3) is 0.556. The van der Waals surface area contributed by atoms with Crippen molar-refractivity contribution in [1.82, 2.24) is 14.9 Å². The molecule has 0 spiro atoms. The molecule has 0 bridgehead atoms. The first-order valence-corrected chi connectivity index (χ1v) is 9.76. The molecule has 1 saturated heterocycles. The van der Waals surface area contributed by atoms with Gasteiger partial charge in [0.25, 0.3) is 5.56 Å². The Bertz CT molecular complexity index is 839. The van der Waals surface area contributed by atoms with E-state index >= 15 is 0 Å². The second kappa shape index (κ2) is 7.17. The third-order valence-electron chi connectivity index (χ3n) is 4.87. The van der Waals surface area contributed by atoms with Gasteiger partial charge in [0, 0.05) is 31.7 Å². The van der Waals surface area contributed by atoms with Gasteiger partial charge in [-0.3, -0.25) is 14.7 Å². The zero-order chi connectivity index (χ0) is 18.3. The Morgan fingerprint density at radius 1 is 1.31 bits per heavy atom.